The van der Waals surface area contributed by atoms with E-state index in [0.29, 0.717) is 5.56 Å². The van der Waals surface area contributed by atoms with Gasteiger partial charge in [-0.3, -0.25) is 14.9 Å². The maximum absolute atomic E-state index is 13.3. The first-order chi connectivity index (χ1) is 9.97. The lowest BCUT2D eigenvalue weighted by molar-refractivity contribution is -0.384. The molecule has 0 radical (unpaired) electrons. The van der Waals surface area contributed by atoms with Gasteiger partial charge < -0.3 is 11.1 Å². The average Bonchev–Trinajstić information content (AvgIpc) is 2.48. The molecule has 0 aliphatic heterocycles. The highest BCUT2D eigenvalue weighted by Gasteiger charge is 2.09. The Kier molecular flexibility index (Phi) is 4.13. The lowest BCUT2D eigenvalue weighted by Crippen LogP contribution is -2.22. The maximum atomic E-state index is 13.3. The molecular weight excluding hydrogens is 277 g/mol. The number of anilines is 1. The van der Waals surface area contributed by atoms with E-state index in [1.807, 2.05) is 0 Å². The average molecular weight is 289 g/mol. The van der Waals surface area contributed by atoms with Gasteiger partial charge in [-0.25, -0.2) is 4.39 Å². The predicted molar refractivity (Wildman–Crippen MR) is 75.1 cm³/mol. The highest BCUT2D eigenvalue weighted by molar-refractivity contribution is 5.94. The lowest BCUT2D eigenvalue weighted by Gasteiger charge is -2.06. The Morgan fingerprint density at radius 2 is 1.90 bits per heavy atom. The summed E-state index contributed by atoms with van der Waals surface area (Å²) >= 11 is 0. The Labute approximate surface area is 119 Å². The molecule has 0 heterocycles. The number of nitrogens with zero attached hydrogens (tertiary/aromatic N) is 1. The fourth-order valence-electron chi connectivity index (χ4n) is 1.69. The molecule has 0 spiro atoms. The van der Waals surface area contributed by atoms with Crippen LogP contribution in [0.5, 0.6) is 0 Å². The molecule has 0 aliphatic carbocycles. The largest absolute Gasteiger partial charge is 0.396 e. The van der Waals surface area contributed by atoms with Gasteiger partial charge in [0.25, 0.3) is 11.6 Å². The van der Waals surface area contributed by atoms with E-state index in [1.54, 1.807) is 12.1 Å². The molecule has 2 aromatic carbocycles. The molecule has 21 heavy (non-hydrogen) atoms. The molecule has 108 valence electrons. The van der Waals surface area contributed by atoms with Gasteiger partial charge >= 0.3 is 0 Å². The number of halogens is 1. The zero-order valence-electron chi connectivity index (χ0n) is 10.9. The molecule has 7 heteroatoms. The van der Waals surface area contributed by atoms with Gasteiger partial charge in [0.2, 0.25) is 0 Å². The second kappa shape index (κ2) is 6.00. The molecule has 2 rings (SSSR count). The fourth-order valence-corrected chi connectivity index (χ4v) is 1.69. The minimum absolute atomic E-state index is 0.0225. The van der Waals surface area contributed by atoms with Gasteiger partial charge in [0, 0.05) is 24.2 Å². The van der Waals surface area contributed by atoms with E-state index in [2.05, 4.69) is 5.32 Å². The van der Waals surface area contributed by atoms with Crippen molar-refractivity contribution in [1.82, 2.24) is 5.32 Å². The molecule has 0 atom stereocenters. The Morgan fingerprint density at radius 3 is 2.48 bits per heavy atom. The number of non-ortho nitro benzene ring substituents is 1. The summed E-state index contributed by atoms with van der Waals surface area (Å²) in [6.45, 7) is 0.183. The van der Waals surface area contributed by atoms with Gasteiger partial charge in [-0.1, -0.05) is 12.1 Å². The first kappa shape index (κ1) is 14.4. The van der Waals surface area contributed by atoms with Crippen LogP contribution >= 0.6 is 0 Å². The van der Waals surface area contributed by atoms with Crippen molar-refractivity contribution in [2.24, 2.45) is 0 Å². The molecule has 0 fully saturated rings. The number of nitrogen functional groups attached to an aromatic ring is 1. The summed E-state index contributed by atoms with van der Waals surface area (Å²) in [5.41, 5.74) is 6.14. The normalized spacial score (nSPS) is 10.1. The minimum atomic E-state index is -0.655. The van der Waals surface area contributed by atoms with Gasteiger partial charge in [0.15, 0.2) is 0 Å². The summed E-state index contributed by atoms with van der Waals surface area (Å²) < 4.78 is 13.3. The number of hydrogen-bond acceptors (Lipinski definition) is 4. The van der Waals surface area contributed by atoms with E-state index in [1.165, 1.54) is 24.3 Å². The molecule has 3 N–H and O–H groups in total. The number of carbonyl (C=O) groups is 1. The van der Waals surface area contributed by atoms with Crippen molar-refractivity contribution in [3.05, 3.63) is 69.5 Å². The highest BCUT2D eigenvalue weighted by Crippen LogP contribution is 2.13. The number of hydrogen-bond donors (Lipinski definition) is 2. The molecule has 0 bridgehead atoms. The van der Waals surface area contributed by atoms with Gasteiger partial charge in [-0.2, -0.15) is 0 Å². The standard InChI is InChI=1S/C14H12FN3O3/c15-12-7-10(3-6-13(12)16)14(19)17-8-9-1-4-11(5-2-9)18(20)21/h1-7H,8,16H2,(H,17,19). The number of nitrogens with two attached hydrogens (primary N) is 1. The second-order valence-electron chi connectivity index (χ2n) is 4.34. The lowest BCUT2D eigenvalue weighted by atomic mass is 10.1. The van der Waals surface area contributed by atoms with Crippen molar-refractivity contribution < 1.29 is 14.1 Å². The summed E-state index contributed by atoms with van der Waals surface area (Å²) in [6.07, 6.45) is 0. The van der Waals surface area contributed by atoms with Crippen LogP contribution in [0.4, 0.5) is 15.8 Å². The van der Waals surface area contributed by atoms with Gasteiger partial charge in [0.05, 0.1) is 10.6 Å². The number of rotatable bonds is 4. The first-order valence-electron chi connectivity index (χ1n) is 6.04. The Balaban J connectivity index is 2.00. The number of amides is 1. The van der Waals surface area contributed by atoms with Crippen LogP contribution in [0.15, 0.2) is 42.5 Å². The summed E-state index contributed by atoms with van der Waals surface area (Å²) in [5.74, 6) is -1.11. The van der Waals surface area contributed by atoms with Crippen LogP contribution in [-0.2, 0) is 6.54 Å². The SMILES string of the molecule is Nc1ccc(C(=O)NCc2ccc([N+](=O)[O-])cc2)cc1F. The van der Waals surface area contributed by atoms with E-state index in [0.717, 1.165) is 6.07 Å². The number of nitro benzene ring substituents is 1. The third-order valence-corrected chi connectivity index (χ3v) is 2.86. The summed E-state index contributed by atoms with van der Waals surface area (Å²) in [5, 5.41) is 13.1. The minimum Gasteiger partial charge on any atom is -0.396 e. The summed E-state index contributed by atoms with van der Waals surface area (Å²) in [6, 6.07) is 9.58. The molecular formula is C14H12FN3O3. The number of benzene rings is 2. The summed E-state index contributed by atoms with van der Waals surface area (Å²) in [7, 11) is 0. The van der Waals surface area contributed by atoms with E-state index in [9.17, 15) is 19.3 Å². The Hall–Kier alpha value is -2.96. The predicted octanol–water partition coefficient (Wildman–Crippen LogP) is 2.25. The van der Waals surface area contributed by atoms with Crippen LogP contribution in [0.25, 0.3) is 0 Å². The molecule has 2 aromatic rings. The van der Waals surface area contributed by atoms with E-state index < -0.39 is 16.6 Å². The number of nitrogens with one attached hydrogen (secondary N) is 1. The molecule has 1 amide bonds. The highest BCUT2D eigenvalue weighted by atomic mass is 19.1. The van der Waals surface area contributed by atoms with Crippen LogP contribution in [0, 0.1) is 15.9 Å². The topological polar surface area (TPSA) is 98.3 Å². The Morgan fingerprint density at radius 1 is 1.24 bits per heavy atom. The van der Waals surface area contributed by atoms with Gasteiger partial charge in [-0.05, 0) is 23.8 Å². The first-order valence-corrected chi connectivity index (χ1v) is 6.04. The fraction of sp³-hybridized carbons (Fsp3) is 0.0714. The third-order valence-electron chi connectivity index (χ3n) is 2.86. The summed E-state index contributed by atoms with van der Waals surface area (Å²) in [4.78, 5) is 21.8. The molecule has 0 saturated carbocycles. The van der Waals surface area contributed by atoms with Crippen molar-refractivity contribution in [2.75, 3.05) is 5.73 Å². The zero-order valence-corrected chi connectivity index (χ0v) is 10.9. The second-order valence-corrected chi connectivity index (χ2v) is 4.34. The van der Waals surface area contributed by atoms with Crippen molar-refractivity contribution in [3.63, 3.8) is 0 Å². The van der Waals surface area contributed by atoms with Crippen molar-refractivity contribution in [1.29, 1.82) is 0 Å². The van der Waals surface area contributed by atoms with Crippen LogP contribution in [0.2, 0.25) is 0 Å². The maximum Gasteiger partial charge on any atom is 0.269 e. The van der Waals surface area contributed by atoms with E-state index in [-0.39, 0.29) is 23.5 Å². The molecule has 0 unspecified atom stereocenters. The Bertz CT molecular complexity index is 686. The quantitative estimate of drug-likeness (QED) is 0.512. The smallest absolute Gasteiger partial charge is 0.269 e. The van der Waals surface area contributed by atoms with Gasteiger partial charge in [0.1, 0.15) is 5.82 Å². The van der Waals surface area contributed by atoms with Crippen LogP contribution in [0.3, 0.4) is 0 Å². The van der Waals surface area contributed by atoms with Crippen LogP contribution < -0.4 is 11.1 Å². The monoisotopic (exact) mass is 289 g/mol. The van der Waals surface area contributed by atoms with Crippen LogP contribution in [-0.4, -0.2) is 10.8 Å². The number of carbonyl (C=O) groups excluding carboxylic acids is 1. The van der Waals surface area contributed by atoms with E-state index >= 15 is 0 Å². The van der Waals surface area contributed by atoms with Gasteiger partial charge in [-0.15, -0.1) is 0 Å². The molecule has 0 aromatic heterocycles. The van der Waals surface area contributed by atoms with Crippen molar-refractivity contribution in [2.45, 2.75) is 6.54 Å². The molecule has 6 nitrogen and oxygen atoms in total. The van der Waals surface area contributed by atoms with Crippen molar-refractivity contribution >= 4 is 17.3 Å². The van der Waals surface area contributed by atoms with E-state index in [4.69, 9.17) is 5.73 Å². The number of nitro groups is 1. The molecule has 0 saturated heterocycles. The zero-order chi connectivity index (χ0) is 15.4. The molecule has 0 aliphatic rings. The van der Waals surface area contributed by atoms with Crippen molar-refractivity contribution in [3.8, 4) is 0 Å². The third kappa shape index (κ3) is 3.53. The van der Waals surface area contributed by atoms with Crippen LogP contribution in [0.1, 0.15) is 15.9 Å².